The van der Waals surface area contributed by atoms with E-state index in [9.17, 15) is 5.11 Å². The van der Waals surface area contributed by atoms with E-state index < -0.39 is 0 Å². The predicted molar refractivity (Wildman–Crippen MR) is 90.3 cm³/mol. The lowest BCUT2D eigenvalue weighted by Gasteiger charge is -2.27. The molecule has 0 spiro atoms. The third kappa shape index (κ3) is 3.91. The number of fused-ring (bicyclic) bond motifs is 1. The summed E-state index contributed by atoms with van der Waals surface area (Å²) < 4.78 is 16.2. The summed E-state index contributed by atoms with van der Waals surface area (Å²) in [5, 5.41) is 15.9. The second-order valence-corrected chi connectivity index (χ2v) is 6.24. The van der Waals surface area contributed by atoms with E-state index in [0.29, 0.717) is 13.2 Å². The Morgan fingerprint density at radius 3 is 2.92 bits per heavy atom. The van der Waals surface area contributed by atoms with E-state index in [4.69, 9.17) is 14.2 Å². The SMILES string of the molecule is CN=C(NCc1ccc2c(c1)OCO2)NCC1(CCO)CCOC1. The van der Waals surface area contributed by atoms with Crippen molar-refractivity contribution in [3.05, 3.63) is 23.8 Å². The first kappa shape index (κ1) is 16.9. The highest BCUT2D eigenvalue weighted by Gasteiger charge is 2.34. The van der Waals surface area contributed by atoms with Crippen LogP contribution in [0, 0.1) is 5.41 Å². The zero-order valence-electron chi connectivity index (χ0n) is 14.0. The molecular weight excluding hydrogens is 310 g/mol. The Labute approximate surface area is 142 Å². The van der Waals surface area contributed by atoms with Gasteiger partial charge in [-0.25, -0.2) is 0 Å². The molecule has 24 heavy (non-hydrogen) atoms. The van der Waals surface area contributed by atoms with Crippen molar-refractivity contribution in [2.24, 2.45) is 10.4 Å². The van der Waals surface area contributed by atoms with E-state index in [0.717, 1.165) is 49.0 Å². The summed E-state index contributed by atoms with van der Waals surface area (Å²) in [5.41, 5.74) is 1.09. The lowest BCUT2D eigenvalue weighted by Crippen LogP contribution is -2.44. The number of nitrogens with one attached hydrogen (secondary N) is 2. The minimum absolute atomic E-state index is 0.00881. The lowest BCUT2D eigenvalue weighted by molar-refractivity contribution is 0.127. The van der Waals surface area contributed by atoms with Crippen molar-refractivity contribution in [2.45, 2.75) is 19.4 Å². The Morgan fingerprint density at radius 1 is 1.29 bits per heavy atom. The van der Waals surface area contributed by atoms with E-state index in [1.54, 1.807) is 7.05 Å². The van der Waals surface area contributed by atoms with Crippen LogP contribution in [0.3, 0.4) is 0 Å². The first-order valence-electron chi connectivity index (χ1n) is 8.26. The molecule has 1 fully saturated rings. The minimum atomic E-state index is -0.00881. The second-order valence-electron chi connectivity index (χ2n) is 6.24. The fourth-order valence-electron chi connectivity index (χ4n) is 3.04. The molecule has 132 valence electrons. The smallest absolute Gasteiger partial charge is 0.231 e. The third-order valence-corrected chi connectivity index (χ3v) is 4.58. The fraction of sp³-hybridized carbons (Fsp3) is 0.588. The molecule has 3 N–H and O–H groups in total. The molecule has 1 aromatic carbocycles. The number of aliphatic imine (C=N–C) groups is 1. The molecule has 7 nitrogen and oxygen atoms in total. The highest BCUT2D eigenvalue weighted by Crippen LogP contribution is 2.32. The van der Waals surface area contributed by atoms with E-state index in [2.05, 4.69) is 15.6 Å². The summed E-state index contributed by atoms with van der Waals surface area (Å²) in [4.78, 5) is 4.26. The Bertz CT molecular complexity index is 585. The van der Waals surface area contributed by atoms with Crippen molar-refractivity contribution in [1.29, 1.82) is 0 Å². The molecule has 0 radical (unpaired) electrons. The molecule has 3 rings (SSSR count). The molecule has 1 unspecified atom stereocenters. The van der Waals surface area contributed by atoms with Crippen LogP contribution in [-0.2, 0) is 11.3 Å². The highest BCUT2D eigenvalue weighted by atomic mass is 16.7. The van der Waals surface area contributed by atoms with Crippen molar-refractivity contribution in [3.63, 3.8) is 0 Å². The normalized spacial score (nSPS) is 22.7. The zero-order valence-corrected chi connectivity index (χ0v) is 14.0. The Morgan fingerprint density at radius 2 is 2.17 bits per heavy atom. The number of hydrogen-bond acceptors (Lipinski definition) is 5. The molecular formula is C17H25N3O4. The molecule has 0 aromatic heterocycles. The van der Waals surface area contributed by atoms with Gasteiger partial charge >= 0.3 is 0 Å². The number of nitrogens with zero attached hydrogens (tertiary/aromatic N) is 1. The summed E-state index contributed by atoms with van der Waals surface area (Å²) in [5.74, 6) is 2.30. The van der Waals surface area contributed by atoms with Gasteiger partial charge in [0.25, 0.3) is 0 Å². The van der Waals surface area contributed by atoms with Crippen LogP contribution in [0.5, 0.6) is 11.5 Å². The van der Waals surface area contributed by atoms with Crippen molar-refractivity contribution < 1.29 is 19.3 Å². The van der Waals surface area contributed by atoms with Crippen LogP contribution in [-0.4, -0.2) is 51.3 Å². The average molecular weight is 335 g/mol. The van der Waals surface area contributed by atoms with Crippen molar-refractivity contribution in [3.8, 4) is 11.5 Å². The molecule has 2 aliphatic heterocycles. The van der Waals surface area contributed by atoms with Gasteiger partial charge in [-0.3, -0.25) is 4.99 Å². The summed E-state index contributed by atoms with van der Waals surface area (Å²) >= 11 is 0. The molecule has 0 bridgehead atoms. The highest BCUT2D eigenvalue weighted by molar-refractivity contribution is 5.79. The molecule has 0 aliphatic carbocycles. The number of rotatable bonds is 6. The monoisotopic (exact) mass is 335 g/mol. The third-order valence-electron chi connectivity index (χ3n) is 4.58. The minimum Gasteiger partial charge on any atom is -0.454 e. The molecule has 0 amide bonds. The van der Waals surface area contributed by atoms with Gasteiger partial charge in [0, 0.05) is 38.8 Å². The van der Waals surface area contributed by atoms with Gasteiger partial charge in [-0.15, -0.1) is 0 Å². The number of hydrogen-bond donors (Lipinski definition) is 3. The van der Waals surface area contributed by atoms with Crippen LogP contribution >= 0.6 is 0 Å². The first-order valence-corrected chi connectivity index (χ1v) is 8.26. The molecule has 1 aromatic rings. The molecule has 2 aliphatic rings. The molecule has 1 saturated heterocycles. The van der Waals surface area contributed by atoms with Gasteiger partial charge in [0.1, 0.15) is 0 Å². The van der Waals surface area contributed by atoms with Gasteiger partial charge in [-0.05, 0) is 30.5 Å². The maximum absolute atomic E-state index is 9.29. The van der Waals surface area contributed by atoms with Gasteiger partial charge in [-0.2, -0.15) is 0 Å². The van der Waals surface area contributed by atoms with Gasteiger partial charge in [0.15, 0.2) is 17.5 Å². The van der Waals surface area contributed by atoms with Gasteiger partial charge in [0.05, 0.1) is 6.61 Å². The van der Waals surface area contributed by atoms with Gasteiger partial charge in [-0.1, -0.05) is 6.07 Å². The van der Waals surface area contributed by atoms with Crippen LogP contribution in [0.25, 0.3) is 0 Å². The largest absolute Gasteiger partial charge is 0.454 e. The Hall–Kier alpha value is -1.99. The number of aliphatic hydroxyl groups excluding tert-OH is 1. The Balaban J connectivity index is 1.51. The molecule has 0 saturated carbocycles. The van der Waals surface area contributed by atoms with Crippen LogP contribution in [0.2, 0.25) is 0 Å². The van der Waals surface area contributed by atoms with Crippen LogP contribution in [0.4, 0.5) is 0 Å². The van der Waals surface area contributed by atoms with Crippen molar-refractivity contribution >= 4 is 5.96 Å². The lowest BCUT2D eigenvalue weighted by atomic mass is 9.84. The number of guanidine groups is 1. The summed E-state index contributed by atoms with van der Waals surface area (Å²) in [6.45, 7) is 3.26. The molecule has 7 heteroatoms. The van der Waals surface area contributed by atoms with E-state index in [-0.39, 0.29) is 18.8 Å². The number of aliphatic hydroxyl groups is 1. The topological polar surface area (TPSA) is 84.3 Å². The van der Waals surface area contributed by atoms with Gasteiger partial charge in [0.2, 0.25) is 6.79 Å². The summed E-state index contributed by atoms with van der Waals surface area (Å²) in [7, 11) is 1.75. The fourth-order valence-corrected chi connectivity index (χ4v) is 3.04. The maximum Gasteiger partial charge on any atom is 0.231 e. The number of benzene rings is 1. The van der Waals surface area contributed by atoms with Crippen molar-refractivity contribution in [2.75, 3.05) is 40.2 Å². The molecule has 1 atom stereocenters. The van der Waals surface area contributed by atoms with Gasteiger partial charge < -0.3 is 30.0 Å². The molecule has 2 heterocycles. The Kier molecular flexibility index (Phi) is 5.42. The second kappa shape index (κ2) is 7.72. The number of ether oxygens (including phenoxy) is 3. The quantitative estimate of drug-likeness (QED) is 0.528. The zero-order chi connectivity index (χ0) is 16.8. The van der Waals surface area contributed by atoms with E-state index in [1.165, 1.54) is 0 Å². The predicted octanol–water partition coefficient (Wildman–Crippen LogP) is 0.869. The van der Waals surface area contributed by atoms with E-state index in [1.807, 2.05) is 18.2 Å². The van der Waals surface area contributed by atoms with Crippen molar-refractivity contribution in [1.82, 2.24) is 10.6 Å². The standard InChI is InChI=1S/C17H25N3O4/c1-18-16(20-10-17(4-6-21)5-7-22-11-17)19-9-13-2-3-14-15(8-13)24-12-23-14/h2-3,8,21H,4-7,9-12H2,1H3,(H2,18,19,20). The van der Waals surface area contributed by atoms with Crippen LogP contribution in [0.1, 0.15) is 18.4 Å². The van der Waals surface area contributed by atoms with Crippen LogP contribution in [0.15, 0.2) is 23.2 Å². The average Bonchev–Trinajstić information content (AvgIpc) is 3.24. The van der Waals surface area contributed by atoms with E-state index >= 15 is 0 Å². The van der Waals surface area contributed by atoms with Crippen LogP contribution < -0.4 is 20.1 Å². The summed E-state index contributed by atoms with van der Waals surface area (Å²) in [6.07, 6.45) is 1.69. The summed E-state index contributed by atoms with van der Waals surface area (Å²) in [6, 6.07) is 5.90. The maximum atomic E-state index is 9.29. The first-order chi connectivity index (χ1) is 11.7.